The van der Waals surface area contributed by atoms with Crippen LogP contribution in [0.5, 0.6) is 0 Å². The predicted molar refractivity (Wildman–Crippen MR) is 116 cm³/mol. The SMILES string of the molecule is C#CCN.C#CCNC(=O)CC.CCC(=O)O.CCN=C=NCCCN(C)C. The molecule has 0 spiro atoms. The molecule has 0 aromatic heterocycles. The molecule has 0 heterocycles. The van der Waals surface area contributed by atoms with Gasteiger partial charge in [-0.2, -0.15) is 0 Å². The van der Waals surface area contributed by atoms with Crippen LogP contribution in [0.3, 0.4) is 0 Å². The minimum absolute atomic E-state index is 0.00273. The first-order valence-corrected chi connectivity index (χ1v) is 9.05. The predicted octanol–water partition coefficient (Wildman–Crippen LogP) is 1.34. The second kappa shape index (κ2) is 32.1. The van der Waals surface area contributed by atoms with Gasteiger partial charge in [-0.05, 0) is 34.0 Å². The van der Waals surface area contributed by atoms with E-state index in [0.29, 0.717) is 19.5 Å². The molecule has 0 aliphatic carbocycles. The molecule has 0 saturated heterocycles. The first kappa shape index (κ1) is 33.0. The van der Waals surface area contributed by atoms with Gasteiger partial charge in [0.25, 0.3) is 0 Å². The number of terminal acetylenes is 2. The summed E-state index contributed by atoms with van der Waals surface area (Å²) in [5.41, 5.74) is 4.79. The van der Waals surface area contributed by atoms with Gasteiger partial charge in [0.15, 0.2) is 0 Å². The van der Waals surface area contributed by atoms with E-state index >= 15 is 0 Å². The van der Waals surface area contributed by atoms with Crippen LogP contribution in [0.15, 0.2) is 9.98 Å². The van der Waals surface area contributed by atoms with Gasteiger partial charge in [-0.3, -0.25) is 9.59 Å². The van der Waals surface area contributed by atoms with Gasteiger partial charge in [-0.25, -0.2) is 9.98 Å². The average Bonchev–Trinajstić information content (AvgIpc) is 2.69. The first-order valence-electron chi connectivity index (χ1n) is 9.05. The van der Waals surface area contributed by atoms with Gasteiger partial charge in [-0.1, -0.05) is 25.7 Å². The maximum atomic E-state index is 10.4. The summed E-state index contributed by atoms with van der Waals surface area (Å²) in [6, 6.07) is 2.64. The zero-order chi connectivity index (χ0) is 22.6. The van der Waals surface area contributed by atoms with E-state index in [0.717, 1.165) is 26.1 Å². The zero-order valence-corrected chi connectivity index (χ0v) is 18.0. The molecule has 28 heavy (non-hydrogen) atoms. The highest BCUT2D eigenvalue weighted by molar-refractivity contribution is 5.75. The number of hydrogen-bond acceptors (Lipinski definition) is 6. The molecule has 0 rings (SSSR count). The van der Waals surface area contributed by atoms with Gasteiger partial charge < -0.3 is 21.1 Å². The number of aliphatic carboxylic acids is 1. The van der Waals surface area contributed by atoms with E-state index in [1.54, 1.807) is 13.8 Å². The Morgan fingerprint density at radius 1 is 1.11 bits per heavy atom. The number of rotatable bonds is 8. The number of carboxylic acid groups (broad SMARTS) is 1. The Balaban J connectivity index is -0.000000148. The fourth-order valence-corrected chi connectivity index (χ4v) is 0.911. The Bertz CT molecular complexity index is 499. The van der Waals surface area contributed by atoms with Crippen LogP contribution < -0.4 is 11.1 Å². The third kappa shape index (κ3) is 56.6. The maximum absolute atomic E-state index is 10.4. The van der Waals surface area contributed by atoms with Crippen LogP contribution in [-0.4, -0.2) is 74.7 Å². The lowest BCUT2D eigenvalue weighted by Gasteiger charge is -2.05. The van der Waals surface area contributed by atoms with Crippen molar-refractivity contribution in [2.75, 3.05) is 46.8 Å². The molecule has 0 atom stereocenters. The van der Waals surface area contributed by atoms with Gasteiger partial charge in [0.05, 0.1) is 25.6 Å². The monoisotopic (exact) mass is 395 g/mol. The highest BCUT2D eigenvalue weighted by atomic mass is 16.4. The largest absolute Gasteiger partial charge is 0.481 e. The van der Waals surface area contributed by atoms with E-state index in [1.165, 1.54) is 0 Å². The molecule has 0 aromatic carbocycles. The minimum Gasteiger partial charge on any atom is -0.481 e. The Morgan fingerprint density at radius 2 is 1.64 bits per heavy atom. The molecule has 0 saturated carbocycles. The number of carboxylic acids is 1. The van der Waals surface area contributed by atoms with E-state index in [4.69, 9.17) is 17.3 Å². The summed E-state index contributed by atoms with van der Waals surface area (Å²) in [7, 11) is 4.12. The van der Waals surface area contributed by atoms with Crippen molar-refractivity contribution in [3.8, 4) is 24.7 Å². The second-order valence-electron chi connectivity index (χ2n) is 5.10. The molecule has 0 fully saturated rings. The van der Waals surface area contributed by atoms with Gasteiger partial charge >= 0.3 is 5.97 Å². The summed E-state index contributed by atoms with van der Waals surface area (Å²) < 4.78 is 0. The molecule has 0 radical (unpaired) electrons. The molecule has 0 unspecified atom stereocenters. The molecule has 1 amide bonds. The van der Waals surface area contributed by atoms with E-state index in [9.17, 15) is 9.59 Å². The lowest BCUT2D eigenvalue weighted by molar-refractivity contribution is -0.136. The van der Waals surface area contributed by atoms with Crippen LogP contribution >= 0.6 is 0 Å². The van der Waals surface area contributed by atoms with Crippen LogP contribution in [-0.2, 0) is 9.59 Å². The Morgan fingerprint density at radius 3 is 1.96 bits per heavy atom. The summed E-state index contributed by atoms with van der Waals surface area (Å²) in [6.45, 7) is 8.74. The molecular weight excluding hydrogens is 358 g/mol. The maximum Gasteiger partial charge on any atom is 0.303 e. The fraction of sp³-hybridized carbons (Fsp3) is 0.650. The molecule has 0 bridgehead atoms. The topological polar surface area (TPSA) is 120 Å². The van der Waals surface area contributed by atoms with E-state index in [2.05, 4.69) is 58.6 Å². The van der Waals surface area contributed by atoms with Crippen LogP contribution in [0.4, 0.5) is 0 Å². The summed E-state index contributed by atoms with van der Waals surface area (Å²) in [5.74, 6) is 3.77. The highest BCUT2D eigenvalue weighted by Crippen LogP contribution is 1.82. The van der Waals surface area contributed by atoms with Crippen LogP contribution in [0.1, 0.15) is 40.0 Å². The normalized spacial score (nSPS) is 7.89. The van der Waals surface area contributed by atoms with Gasteiger partial charge in [0, 0.05) is 19.4 Å². The molecule has 160 valence electrons. The zero-order valence-electron chi connectivity index (χ0n) is 18.0. The van der Waals surface area contributed by atoms with Crippen molar-refractivity contribution in [2.24, 2.45) is 15.7 Å². The summed E-state index contributed by atoms with van der Waals surface area (Å²) >= 11 is 0. The van der Waals surface area contributed by atoms with E-state index in [1.807, 2.05) is 6.92 Å². The standard InChI is InChI=1S/C8H17N3.C6H9NO.C3H5N.C3H6O2/c1-4-9-8-10-6-5-7-11(2)3;1-3-5-7-6(8)4-2;1-2-3-4;1-2-3(4)5/h4-7H2,1-3H3;1H,4-5H2,2H3,(H,7,8);1H,3-4H2;2H2,1H3,(H,4,5). The second-order valence-corrected chi connectivity index (χ2v) is 5.10. The summed E-state index contributed by atoms with van der Waals surface area (Å²) in [6.07, 6.45) is 11.3. The minimum atomic E-state index is -0.745. The summed E-state index contributed by atoms with van der Waals surface area (Å²) in [4.78, 5) is 29.7. The number of nitrogens with zero attached hydrogens (tertiary/aromatic N) is 3. The van der Waals surface area contributed by atoms with E-state index < -0.39 is 5.97 Å². The van der Waals surface area contributed by atoms with Crippen LogP contribution in [0.25, 0.3) is 0 Å². The first-order chi connectivity index (χ1) is 13.3. The van der Waals surface area contributed by atoms with Gasteiger partial charge in [0.2, 0.25) is 5.91 Å². The average molecular weight is 396 g/mol. The number of aliphatic imine (C=N–C) groups is 2. The van der Waals surface area contributed by atoms with Crippen molar-refractivity contribution in [2.45, 2.75) is 40.0 Å². The van der Waals surface area contributed by atoms with Crippen molar-refractivity contribution < 1.29 is 14.7 Å². The van der Waals surface area contributed by atoms with Crippen molar-refractivity contribution in [1.29, 1.82) is 0 Å². The third-order valence-electron chi connectivity index (χ3n) is 2.30. The number of carbonyl (C=O) groups is 2. The fourth-order valence-electron chi connectivity index (χ4n) is 0.911. The van der Waals surface area contributed by atoms with Crippen molar-refractivity contribution >= 4 is 17.9 Å². The number of nitrogens with two attached hydrogens (primary N) is 1. The lowest BCUT2D eigenvalue weighted by atomic mass is 10.4. The van der Waals surface area contributed by atoms with Gasteiger partial charge in [0.1, 0.15) is 0 Å². The lowest BCUT2D eigenvalue weighted by Crippen LogP contribution is -2.21. The third-order valence-corrected chi connectivity index (χ3v) is 2.30. The van der Waals surface area contributed by atoms with Crippen LogP contribution in [0, 0.1) is 24.7 Å². The quantitative estimate of drug-likeness (QED) is 0.325. The molecule has 0 aromatic rings. The molecule has 0 aliphatic rings. The van der Waals surface area contributed by atoms with Crippen molar-refractivity contribution in [3.05, 3.63) is 0 Å². The van der Waals surface area contributed by atoms with Crippen molar-refractivity contribution in [1.82, 2.24) is 10.2 Å². The Labute approximate surface area is 170 Å². The molecule has 0 aliphatic heterocycles. The molecule has 8 heteroatoms. The number of amides is 1. The molecule has 4 N–H and O–H groups in total. The summed E-state index contributed by atoms with van der Waals surface area (Å²) in [5, 5.41) is 10.2. The van der Waals surface area contributed by atoms with Crippen molar-refractivity contribution in [3.63, 3.8) is 0 Å². The van der Waals surface area contributed by atoms with Crippen LogP contribution in [0.2, 0.25) is 0 Å². The Kier molecular flexibility index (Phi) is 37.8. The highest BCUT2D eigenvalue weighted by Gasteiger charge is 1.89. The number of hydrogen-bond donors (Lipinski definition) is 3. The smallest absolute Gasteiger partial charge is 0.303 e. The molecule has 8 nitrogen and oxygen atoms in total. The van der Waals surface area contributed by atoms with E-state index in [-0.39, 0.29) is 12.3 Å². The number of carbonyl (C=O) groups excluding carboxylic acids is 1. The Hall–Kier alpha value is -2.64. The van der Waals surface area contributed by atoms with Gasteiger partial charge in [-0.15, -0.1) is 12.8 Å². The molecular formula is C20H37N5O3. The number of nitrogens with one attached hydrogen (secondary N) is 1.